The van der Waals surface area contributed by atoms with Crippen molar-refractivity contribution in [2.75, 3.05) is 0 Å². The van der Waals surface area contributed by atoms with E-state index in [1.54, 1.807) is 0 Å². The minimum Gasteiger partial charge on any atom is -0.200 e. The normalized spacial score (nSPS) is 14.3. The molecule has 0 aromatic carbocycles. The number of hydrogen-bond acceptors (Lipinski definition) is 0. The standard InChI is InChI=1S/C15H25F9Si/c16-12(17,13(18,19)14(20,21)15(22,23)24)10-8-6-4-2-1-3-5-7-9-11-25/h1-11H2,25H3. The largest absolute Gasteiger partial charge is 0.460 e. The van der Waals surface area contributed by atoms with Crippen molar-refractivity contribution < 1.29 is 39.5 Å². The Morgan fingerprint density at radius 1 is 0.480 bits per heavy atom. The lowest BCUT2D eigenvalue weighted by atomic mass is 9.97. The molecule has 0 saturated heterocycles. The van der Waals surface area contributed by atoms with Crippen LogP contribution >= 0.6 is 0 Å². The van der Waals surface area contributed by atoms with E-state index in [2.05, 4.69) is 0 Å². The summed E-state index contributed by atoms with van der Waals surface area (Å²) in [5.74, 6) is -18.7. The van der Waals surface area contributed by atoms with Gasteiger partial charge in [0.1, 0.15) is 0 Å². The van der Waals surface area contributed by atoms with Crippen molar-refractivity contribution in [3.05, 3.63) is 0 Å². The van der Waals surface area contributed by atoms with E-state index in [-0.39, 0.29) is 6.42 Å². The Hall–Kier alpha value is -0.413. The van der Waals surface area contributed by atoms with Crippen molar-refractivity contribution in [2.45, 2.75) is 94.2 Å². The molecule has 0 spiro atoms. The summed E-state index contributed by atoms with van der Waals surface area (Å²) in [6.45, 7) is 0. The SMILES string of the molecule is FC(F)(F)C(F)(F)C(F)(F)C(F)(F)CCCCCCCCCCC[SiH3]. The molecule has 0 saturated carbocycles. The van der Waals surface area contributed by atoms with E-state index < -0.39 is 36.8 Å². The average Bonchev–Trinajstić information content (AvgIpc) is 2.47. The highest BCUT2D eigenvalue weighted by Crippen LogP contribution is 2.54. The summed E-state index contributed by atoms with van der Waals surface area (Å²) in [7, 11) is 1.17. The van der Waals surface area contributed by atoms with Crippen LogP contribution in [0.4, 0.5) is 39.5 Å². The molecule has 0 fully saturated rings. The molecule has 0 N–H and O–H groups in total. The van der Waals surface area contributed by atoms with Crippen LogP contribution in [0, 0.1) is 0 Å². The van der Waals surface area contributed by atoms with Gasteiger partial charge in [0.25, 0.3) is 0 Å². The molecular formula is C15H25F9Si. The first-order valence-electron chi connectivity index (χ1n) is 8.51. The quantitative estimate of drug-likeness (QED) is 0.197. The Morgan fingerprint density at radius 3 is 1.20 bits per heavy atom. The molecule has 0 unspecified atom stereocenters. The maximum atomic E-state index is 13.2. The molecule has 0 radical (unpaired) electrons. The van der Waals surface area contributed by atoms with Crippen LogP contribution in [0.2, 0.25) is 6.04 Å². The molecule has 152 valence electrons. The molecular weight excluding hydrogens is 379 g/mol. The molecule has 10 heteroatoms. The minimum atomic E-state index is -6.77. The van der Waals surface area contributed by atoms with E-state index in [4.69, 9.17) is 0 Å². The number of hydrogen-bond donors (Lipinski definition) is 0. The minimum absolute atomic E-state index is 0.0871. The highest BCUT2D eigenvalue weighted by molar-refractivity contribution is 6.08. The summed E-state index contributed by atoms with van der Waals surface area (Å²) in [5, 5.41) is 0. The van der Waals surface area contributed by atoms with Crippen LogP contribution in [-0.2, 0) is 0 Å². The summed E-state index contributed by atoms with van der Waals surface area (Å²) in [5.41, 5.74) is 0. The molecule has 0 aliphatic carbocycles. The van der Waals surface area contributed by atoms with Crippen LogP contribution in [0.25, 0.3) is 0 Å². The summed E-state index contributed by atoms with van der Waals surface area (Å²) in [4.78, 5) is 0. The summed E-state index contributed by atoms with van der Waals surface area (Å²) >= 11 is 0. The van der Waals surface area contributed by atoms with E-state index >= 15 is 0 Å². The zero-order valence-corrected chi connectivity index (χ0v) is 16.2. The van der Waals surface area contributed by atoms with Gasteiger partial charge in [0.2, 0.25) is 0 Å². The van der Waals surface area contributed by atoms with Crippen LogP contribution in [0.15, 0.2) is 0 Å². The average molecular weight is 404 g/mol. The third-order valence-corrected chi connectivity index (χ3v) is 4.76. The summed E-state index contributed by atoms with van der Waals surface area (Å²) < 4.78 is 114. The van der Waals surface area contributed by atoms with Gasteiger partial charge >= 0.3 is 23.9 Å². The van der Waals surface area contributed by atoms with Crippen LogP contribution in [0.1, 0.15) is 64.2 Å². The molecule has 0 rings (SSSR count). The van der Waals surface area contributed by atoms with Gasteiger partial charge in [-0.2, -0.15) is 39.5 Å². The first-order chi connectivity index (χ1) is 11.3. The molecule has 0 bridgehead atoms. The lowest BCUT2D eigenvalue weighted by molar-refractivity contribution is -0.396. The highest BCUT2D eigenvalue weighted by atomic mass is 28.1. The zero-order valence-electron chi connectivity index (χ0n) is 14.2. The van der Waals surface area contributed by atoms with Crippen molar-refractivity contribution in [3.8, 4) is 0 Å². The fourth-order valence-corrected chi connectivity index (χ4v) is 2.90. The fourth-order valence-electron chi connectivity index (χ4n) is 2.40. The van der Waals surface area contributed by atoms with Gasteiger partial charge in [-0.25, -0.2) is 0 Å². The van der Waals surface area contributed by atoms with Gasteiger partial charge in [0.05, 0.1) is 0 Å². The Balaban J connectivity index is 4.20. The van der Waals surface area contributed by atoms with Crippen molar-refractivity contribution in [1.82, 2.24) is 0 Å². The lowest BCUT2D eigenvalue weighted by Gasteiger charge is -2.33. The second kappa shape index (κ2) is 10.1. The second-order valence-corrected chi connectivity index (χ2v) is 7.28. The second-order valence-electron chi connectivity index (χ2n) is 6.28. The topological polar surface area (TPSA) is 0 Å². The number of alkyl halides is 9. The van der Waals surface area contributed by atoms with Crippen LogP contribution in [0.5, 0.6) is 0 Å². The molecule has 0 aromatic heterocycles. The molecule has 25 heavy (non-hydrogen) atoms. The molecule has 0 atom stereocenters. The maximum Gasteiger partial charge on any atom is 0.460 e. The van der Waals surface area contributed by atoms with Crippen molar-refractivity contribution >= 4 is 10.2 Å². The zero-order chi connectivity index (χ0) is 19.8. The molecule has 0 aliphatic heterocycles. The molecule has 0 aliphatic rings. The third kappa shape index (κ3) is 7.01. The molecule has 0 nitrogen and oxygen atoms in total. The predicted octanol–water partition coefficient (Wildman–Crippen LogP) is 6.14. The van der Waals surface area contributed by atoms with Gasteiger partial charge in [0, 0.05) is 16.7 Å². The smallest absolute Gasteiger partial charge is 0.200 e. The van der Waals surface area contributed by atoms with E-state index in [1.807, 2.05) is 0 Å². The molecule has 0 heterocycles. The number of rotatable bonds is 13. The number of unbranched alkanes of at least 4 members (excludes halogenated alkanes) is 8. The van der Waals surface area contributed by atoms with Crippen LogP contribution < -0.4 is 0 Å². The third-order valence-electron chi connectivity index (χ3n) is 4.05. The summed E-state index contributed by atoms with van der Waals surface area (Å²) in [6, 6.07) is 1.24. The Kier molecular flexibility index (Phi) is 9.89. The first kappa shape index (κ1) is 24.6. The van der Waals surface area contributed by atoms with E-state index in [1.165, 1.54) is 22.7 Å². The Morgan fingerprint density at radius 2 is 0.840 bits per heavy atom. The van der Waals surface area contributed by atoms with Crippen molar-refractivity contribution in [2.24, 2.45) is 0 Å². The maximum absolute atomic E-state index is 13.2. The van der Waals surface area contributed by atoms with Crippen LogP contribution in [-0.4, -0.2) is 34.2 Å². The van der Waals surface area contributed by atoms with Crippen molar-refractivity contribution in [1.29, 1.82) is 0 Å². The van der Waals surface area contributed by atoms with Gasteiger partial charge < -0.3 is 0 Å². The monoisotopic (exact) mass is 404 g/mol. The van der Waals surface area contributed by atoms with E-state index in [9.17, 15) is 39.5 Å². The van der Waals surface area contributed by atoms with Gasteiger partial charge in [0.15, 0.2) is 0 Å². The highest BCUT2D eigenvalue weighted by Gasteiger charge is 2.81. The first-order valence-corrected chi connectivity index (χ1v) is 9.93. The van der Waals surface area contributed by atoms with E-state index in [0.717, 1.165) is 25.7 Å². The lowest BCUT2D eigenvalue weighted by Crippen LogP contribution is -2.60. The predicted molar refractivity (Wildman–Crippen MR) is 81.8 cm³/mol. The van der Waals surface area contributed by atoms with Gasteiger partial charge in [-0.3, -0.25) is 0 Å². The summed E-state index contributed by atoms with van der Waals surface area (Å²) in [6.07, 6.45) is -2.49. The fraction of sp³-hybridized carbons (Fsp3) is 1.00. The Bertz CT molecular complexity index is 367. The number of halogens is 9. The van der Waals surface area contributed by atoms with Gasteiger partial charge in [-0.1, -0.05) is 57.4 Å². The molecule has 0 aromatic rings. The Labute approximate surface area is 145 Å². The molecule has 0 amide bonds. The van der Waals surface area contributed by atoms with Gasteiger partial charge in [-0.15, -0.1) is 0 Å². The van der Waals surface area contributed by atoms with E-state index in [0.29, 0.717) is 12.8 Å². The van der Waals surface area contributed by atoms with Crippen molar-refractivity contribution in [3.63, 3.8) is 0 Å². The van der Waals surface area contributed by atoms with Gasteiger partial charge in [-0.05, 0) is 6.42 Å². The van der Waals surface area contributed by atoms with Crippen LogP contribution in [0.3, 0.4) is 0 Å².